The number of benzene rings is 2. The van der Waals surface area contributed by atoms with E-state index in [1.807, 2.05) is 6.20 Å². The fraction of sp³-hybridized carbons (Fsp3) is 0.176. The second-order valence-corrected chi connectivity index (χ2v) is 5.17. The summed E-state index contributed by atoms with van der Waals surface area (Å²) in [6.07, 6.45) is 1.99. The maximum atomic E-state index is 3.28. The van der Waals surface area contributed by atoms with Crippen molar-refractivity contribution in [1.82, 2.24) is 9.88 Å². The van der Waals surface area contributed by atoms with Gasteiger partial charge < -0.3 is 9.88 Å². The molecule has 2 aromatic carbocycles. The minimum Gasteiger partial charge on any atom is -0.361 e. The lowest BCUT2D eigenvalue weighted by Gasteiger charge is -2.14. The molecular formula is C17H18N2. The largest absolute Gasteiger partial charge is 0.361 e. The van der Waals surface area contributed by atoms with E-state index in [1.54, 1.807) is 0 Å². The molecule has 1 heterocycles. The fourth-order valence-electron chi connectivity index (χ4n) is 2.50. The molecule has 2 nitrogen and oxygen atoms in total. The molecule has 0 aliphatic rings. The Morgan fingerprint density at radius 2 is 1.84 bits per heavy atom. The van der Waals surface area contributed by atoms with Crippen LogP contribution in [0.2, 0.25) is 0 Å². The van der Waals surface area contributed by atoms with Crippen molar-refractivity contribution < 1.29 is 0 Å². The number of aromatic nitrogens is 1. The Bertz CT molecular complexity index is 695. The molecule has 1 aromatic heterocycles. The highest BCUT2D eigenvalue weighted by Gasteiger charge is 2.06. The van der Waals surface area contributed by atoms with Gasteiger partial charge in [-0.2, -0.15) is 0 Å². The van der Waals surface area contributed by atoms with E-state index in [9.17, 15) is 0 Å². The van der Waals surface area contributed by atoms with E-state index in [2.05, 4.69) is 72.5 Å². The lowest BCUT2D eigenvalue weighted by Crippen LogP contribution is -2.11. The minimum absolute atomic E-state index is 0.957. The summed E-state index contributed by atoms with van der Waals surface area (Å²) in [6.45, 7) is 0.957. The molecule has 19 heavy (non-hydrogen) atoms. The summed E-state index contributed by atoms with van der Waals surface area (Å²) < 4.78 is 0. The zero-order valence-corrected chi connectivity index (χ0v) is 11.4. The predicted molar refractivity (Wildman–Crippen MR) is 81.1 cm³/mol. The zero-order chi connectivity index (χ0) is 13.2. The molecule has 96 valence electrons. The average Bonchev–Trinajstić information content (AvgIpc) is 2.86. The number of H-pyrrole nitrogens is 1. The van der Waals surface area contributed by atoms with Crippen molar-refractivity contribution >= 4 is 10.9 Å². The molecule has 0 amide bonds. The predicted octanol–water partition coefficient (Wildman–Crippen LogP) is 3.90. The molecule has 0 atom stereocenters. The fourth-order valence-corrected chi connectivity index (χ4v) is 2.50. The van der Waals surface area contributed by atoms with Gasteiger partial charge in [0.15, 0.2) is 0 Å². The molecule has 3 aromatic rings. The zero-order valence-electron chi connectivity index (χ0n) is 11.4. The average molecular weight is 250 g/mol. The van der Waals surface area contributed by atoms with Gasteiger partial charge in [-0.05, 0) is 48.3 Å². The van der Waals surface area contributed by atoms with E-state index in [0.29, 0.717) is 0 Å². The number of fused-ring (bicyclic) bond motifs is 1. The molecule has 0 spiro atoms. The minimum atomic E-state index is 0.957. The summed E-state index contributed by atoms with van der Waals surface area (Å²) in [6, 6.07) is 17.3. The van der Waals surface area contributed by atoms with Gasteiger partial charge in [-0.25, -0.2) is 0 Å². The summed E-state index contributed by atoms with van der Waals surface area (Å²) in [4.78, 5) is 5.48. The number of rotatable bonds is 3. The maximum absolute atomic E-state index is 3.28. The Morgan fingerprint density at radius 3 is 2.68 bits per heavy atom. The standard InChI is InChI=1S/C17H18N2/c1-19(2)12-15-5-3-4-6-16(15)14-8-7-13-9-10-18-17(13)11-14/h3-11,18H,12H2,1-2H3. The number of hydrogen-bond acceptors (Lipinski definition) is 1. The highest BCUT2D eigenvalue weighted by atomic mass is 15.0. The van der Waals surface area contributed by atoms with Crippen LogP contribution in [0.3, 0.4) is 0 Å². The molecule has 0 radical (unpaired) electrons. The van der Waals surface area contributed by atoms with Crippen LogP contribution in [0.5, 0.6) is 0 Å². The molecule has 0 aliphatic heterocycles. The van der Waals surface area contributed by atoms with Gasteiger partial charge in [0.2, 0.25) is 0 Å². The Morgan fingerprint density at radius 1 is 1.00 bits per heavy atom. The molecule has 1 N–H and O–H groups in total. The smallest absolute Gasteiger partial charge is 0.0460 e. The van der Waals surface area contributed by atoms with Crippen molar-refractivity contribution in [3.05, 3.63) is 60.3 Å². The Hall–Kier alpha value is -2.06. The highest BCUT2D eigenvalue weighted by Crippen LogP contribution is 2.27. The van der Waals surface area contributed by atoms with Crippen LogP contribution in [0, 0.1) is 0 Å². The number of aromatic amines is 1. The number of hydrogen-bond donors (Lipinski definition) is 1. The van der Waals surface area contributed by atoms with Crippen LogP contribution in [-0.4, -0.2) is 24.0 Å². The topological polar surface area (TPSA) is 19.0 Å². The molecular weight excluding hydrogens is 232 g/mol. The van der Waals surface area contributed by atoms with Crippen molar-refractivity contribution in [1.29, 1.82) is 0 Å². The van der Waals surface area contributed by atoms with Crippen molar-refractivity contribution in [3.63, 3.8) is 0 Å². The first-order valence-corrected chi connectivity index (χ1v) is 6.54. The summed E-state index contributed by atoms with van der Waals surface area (Å²) >= 11 is 0. The lowest BCUT2D eigenvalue weighted by molar-refractivity contribution is 0.403. The SMILES string of the molecule is CN(C)Cc1ccccc1-c1ccc2cc[nH]c2c1. The molecule has 0 unspecified atom stereocenters. The van der Waals surface area contributed by atoms with Gasteiger partial charge in [0.1, 0.15) is 0 Å². The van der Waals surface area contributed by atoms with Crippen LogP contribution < -0.4 is 0 Å². The third-order valence-electron chi connectivity index (χ3n) is 3.37. The van der Waals surface area contributed by atoms with Gasteiger partial charge in [-0.3, -0.25) is 0 Å². The van der Waals surface area contributed by atoms with Gasteiger partial charge in [-0.1, -0.05) is 36.4 Å². The highest BCUT2D eigenvalue weighted by molar-refractivity contribution is 5.85. The summed E-state index contributed by atoms with van der Waals surface area (Å²) in [5.41, 5.74) is 5.13. The van der Waals surface area contributed by atoms with Gasteiger partial charge in [0.05, 0.1) is 0 Å². The first-order valence-electron chi connectivity index (χ1n) is 6.54. The number of nitrogens with zero attached hydrogens (tertiary/aromatic N) is 1. The van der Waals surface area contributed by atoms with Crippen molar-refractivity contribution in [2.75, 3.05) is 14.1 Å². The summed E-state index contributed by atoms with van der Waals surface area (Å²) in [7, 11) is 4.20. The van der Waals surface area contributed by atoms with E-state index in [0.717, 1.165) is 6.54 Å². The van der Waals surface area contributed by atoms with Gasteiger partial charge in [0.25, 0.3) is 0 Å². The Kier molecular flexibility index (Phi) is 3.10. The van der Waals surface area contributed by atoms with Gasteiger partial charge in [-0.15, -0.1) is 0 Å². The molecule has 0 aliphatic carbocycles. The third-order valence-corrected chi connectivity index (χ3v) is 3.37. The van der Waals surface area contributed by atoms with Crippen molar-refractivity contribution in [2.45, 2.75) is 6.54 Å². The third kappa shape index (κ3) is 2.40. The van der Waals surface area contributed by atoms with Crippen molar-refractivity contribution in [3.8, 4) is 11.1 Å². The van der Waals surface area contributed by atoms with E-state index in [-0.39, 0.29) is 0 Å². The van der Waals surface area contributed by atoms with Crippen LogP contribution in [-0.2, 0) is 6.54 Å². The Balaban J connectivity index is 2.09. The van der Waals surface area contributed by atoms with Gasteiger partial charge >= 0.3 is 0 Å². The van der Waals surface area contributed by atoms with E-state index >= 15 is 0 Å². The lowest BCUT2D eigenvalue weighted by atomic mass is 9.98. The van der Waals surface area contributed by atoms with E-state index < -0.39 is 0 Å². The van der Waals surface area contributed by atoms with E-state index in [4.69, 9.17) is 0 Å². The van der Waals surface area contributed by atoms with Crippen LogP contribution in [0.1, 0.15) is 5.56 Å². The summed E-state index contributed by atoms with van der Waals surface area (Å²) in [5.74, 6) is 0. The normalized spacial score (nSPS) is 11.3. The monoisotopic (exact) mass is 250 g/mol. The maximum Gasteiger partial charge on any atom is 0.0460 e. The quantitative estimate of drug-likeness (QED) is 0.747. The first-order chi connectivity index (χ1) is 9.24. The molecule has 0 saturated carbocycles. The molecule has 0 bridgehead atoms. The van der Waals surface area contributed by atoms with Gasteiger partial charge in [0, 0.05) is 18.3 Å². The van der Waals surface area contributed by atoms with Crippen LogP contribution in [0.4, 0.5) is 0 Å². The Labute approximate surface area is 113 Å². The van der Waals surface area contributed by atoms with E-state index in [1.165, 1.54) is 27.6 Å². The van der Waals surface area contributed by atoms with Crippen LogP contribution >= 0.6 is 0 Å². The second kappa shape index (κ2) is 4.90. The first kappa shape index (κ1) is 12.0. The molecule has 0 saturated heterocycles. The molecule has 3 rings (SSSR count). The molecule has 0 fully saturated rings. The van der Waals surface area contributed by atoms with Crippen molar-refractivity contribution in [2.24, 2.45) is 0 Å². The molecule has 2 heteroatoms. The van der Waals surface area contributed by atoms with Crippen LogP contribution in [0.15, 0.2) is 54.7 Å². The second-order valence-electron chi connectivity index (χ2n) is 5.17. The van der Waals surface area contributed by atoms with Crippen LogP contribution in [0.25, 0.3) is 22.0 Å². The number of nitrogens with one attached hydrogen (secondary N) is 1. The summed E-state index contributed by atoms with van der Waals surface area (Å²) in [5, 5.41) is 1.26.